The average Bonchev–Trinajstić information content (AvgIpc) is 2.76. The first-order valence-corrected chi connectivity index (χ1v) is 8.97. The fourth-order valence-electron chi connectivity index (χ4n) is 3.75. The van der Waals surface area contributed by atoms with E-state index < -0.39 is 52.4 Å². The van der Waals surface area contributed by atoms with Crippen LogP contribution in [-0.2, 0) is 6.42 Å². The maximum absolute atomic E-state index is 14.6. The third-order valence-electron chi connectivity index (χ3n) is 5.17. The number of hydrogen-bond acceptors (Lipinski definition) is 1. The van der Waals surface area contributed by atoms with E-state index in [1.165, 1.54) is 18.2 Å². The van der Waals surface area contributed by atoms with E-state index in [9.17, 15) is 31.1 Å². The normalized spacial score (nSPS) is 15.8. The number of hydrogen-bond donors (Lipinski definition) is 0. The van der Waals surface area contributed by atoms with Crippen molar-refractivity contribution in [3.63, 3.8) is 0 Å². The monoisotopic (exact) mass is 421 g/mol. The Balaban J connectivity index is 1.90. The molecule has 0 aliphatic carbocycles. The van der Waals surface area contributed by atoms with Crippen LogP contribution in [0.3, 0.4) is 0 Å². The zero-order valence-corrected chi connectivity index (χ0v) is 15.2. The van der Waals surface area contributed by atoms with Gasteiger partial charge < -0.3 is 4.90 Å². The summed E-state index contributed by atoms with van der Waals surface area (Å²) in [6.45, 7) is -0.103. The van der Waals surface area contributed by atoms with Crippen molar-refractivity contribution in [2.24, 2.45) is 0 Å². The molecule has 8 heteroatoms. The lowest BCUT2D eigenvalue weighted by Crippen LogP contribution is -2.42. The van der Waals surface area contributed by atoms with Gasteiger partial charge in [-0.2, -0.15) is 0 Å². The second-order valence-corrected chi connectivity index (χ2v) is 6.82. The van der Waals surface area contributed by atoms with Crippen molar-refractivity contribution in [3.05, 3.63) is 106 Å². The molecule has 2 nitrogen and oxygen atoms in total. The minimum Gasteiger partial charge on any atom is -0.327 e. The van der Waals surface area contributed by atoms with Gasteiger partial charge >= 0.3 is 0 Å². The van der Waals surface area contributed by atoms with Crippen molar-refractivity contribution >= 4 is 5.91 Å². The largest absolute Gasteiger partial charge is 0.327 e. The number of nitrogens with zero attached hydrogens (tertiary/aromatic N) is 1. The van der Waals surface area contributed by atoms with Gasteiger partial charge in [0.1, 0.15) is 11.4 Å². The molecule has 1 aliphatic heterocycles. The molecular weight excluding hydrogens is 408 g/mol. The highest BCUT2D eigenvalue weighted by Crippen LogP contribution is 2.38. The standard InChI is InChI=1S/C22H13F6NO/c23-14-8-4-3-7-13(14)21-12-6-2-1-5-11(12)9-10-29(21)22(30)15-16(24)18(26)20(28)19(27)17(15)25/h1-8,21H,9-10H2. The van der Waals surface area contributed by atoms with Crippen LogP contribution in [-0.4, -0.2) is 17.4 Å². The Kier molecular flexibility index (Phi) is 5.01. The lowest BCUT2D eigenvalue weighted by Gasteiger charge is -2.38. The van der Waals surface area contributed by atoms with Crippen LogP contribution in [0, 0.1) is 34.9 Å². The number of carbonyl (C=O) groups is 1. The molecule has 3 aromatic rings. The lowest BCUT2D eigenvalue weighted by atomic mass is 9.87. The minimum absolute atomic E-state index is 0.0434. The van der Waals surface area contributed by atoms with Gasteiger partial charge in [-0.3, -0.25) is 4.79 Å². The molecule has 1 atom stereocenters. The van der Waals surface area contributed by atoms with Gasteiger partial charge in [-0.15, -0.1) is 0 Å². The van der Waals surface area contributed by atoms with Crippen LogP contribution >= 0.6 is 0 Å². The molecular formula is C22H13F6NO. The molecule has 1 heterocycles. The summed E-state index contributed by atoms with van der Waals surface area (Å²) in [6, 6.07) is 11.2. The van der Waals surface area contributed by atoms with E-state index in [0.717, 1.165) is 16.5 Å². The number of halogens is 6. The second kappa shape index (κ2) is 7.51. The zero-order valence-electron chi connectivity index (χ0n) is 15.2. The summed E-state index contributed by atoms with van der Waals surface area (Å²) in [5.74, 6) is -13.3. The van der Waals surface area contributed by atoms with Crippen molar-refractivity contribution in [1.82, 2.24) is 4.90 Å². The highest BCUT2D eigenvalue weighted by Gasteiger charge is 2.38. The van der Waals surface area contributed by atoms with Gasteiger partial charge in [0.2, 0.25) is 5.82 Å². The number of rotatable bonds is 2. The molecule has 1 unspecified atom stereocenters. The van der Waals surface area contributed by atoms with Crippen LogP contribution in [0.4, 0.5) is 26.3 Å². The SMILES string of the molecule is O=C(c1c(F)c(F)c(F)c(F)c1F)N1CCc2ccccc2C1c1ccccc1F. The fourth-order valence-corrected chi connectivity index (χ4v) is 3.75. The Morgan fingerprint density at radius 2 is 1.27 bits per heavy atom. The van der Waals surface area contributed by atoms with Gasteiger partial charge in [0.05, 0.1) is 6.04 Å². The summed E-state index contributed by atoms with van der Waals surface area (Å²) in [4.78, 5) is 14.0. The van der Waals surface area contributed by atoms with Crippen molar-refractivity contribution < 1.29 is 31.1 Å². The molecule has 0 bridgehead atoms. The summed E-state index contributed by atoms with van der Waals surface area (Å²) >= 11 is 0. The highest BCUT2D eigenvalue weighted by atomic mass is 19.2. The molecule has 0 saturated carbocycles. The summed E-state index contributed by atoms with van der Waals surface area (Å²) in [5, 5.41) is 0. The summed E-state index contributed by atoms with van der Waals surface area (Å²) in [7, 11) is 0. The van der Waals surface area contributed by atoms with E-state index in [2.05, 4.69) is 0 Å². The van der Waals surface area contributed by atoms with Crippen LogP contribution in [0.5, 0.6) is 0 Å². The molecule has 1 amide bonds. The van der Waals surface area contributed by atoms with Crippen molar-refractivity contribution in [2.75, 3.05) is 6.54 Å². The quantitative estimate of drug-likeness (QED) is 0.312. The van der Waals surface area contributed by atoms with E-state index in [-0.39, 0.29) is 18.5 Å². The summed E-state index contributed by atoms with van der Waals surface area (Å²) in [6.07, 6.45) is 0.266. The van der Waals surface area contributed by atoms with Crippen LogP contribution in [0.2, 0.25) is 0 Å². The Morgan fingerprint density at radius 1 is 0.733 bits per heavy atom. The van der Waals surface area contributed by atoms with E-state index in [1.807, 2.05) is 0 Å². The molecule has 1 aliphatic rings. The fraction of sp³-hybridized carbons (Fsp3) is 0.136. The highest BCUT2D eigenvalue weighted by molar-refractivity contribution is 5.95. The first kappa shape index (κ1) is 20.0. The predicted molar refractivity (Wildman–Crippen MR) is 95.7 cm³/mol. The van der Waals surface area contributed by atoms with Gasteiger partial charge in [0.15, 0.2) is 23.3 Å². The average molecular weight is 421 g/mol. The van der Waals surface area contributed by atoms with Gasteiger partial charge in [0, 0.05) is 12.1 Å². The smallest absolute Gasteiger partial charge is 0.260 e. The molecule has 3 aromatic carbocycles. The molecule has 0 aromatic heterocycles. The van der Waals surface area contributed by atoms with Gasteiger partial charge in [-0.1, -0.05) is 42.5 Å². The Hall–Kier alpha value is -3.29. The molecule has 0 radical (unpaired) electrons. The second-order valence-electron chi connectivity index (χ2n) is 6.82. The van der Waals surface area contributed by atoms with Crippen LogP contribution < -0.4 is 0 Å². The Bertz CT molecular complexity index is 1130. The Morgan fingerprint density at radius 3 is 1.90 bits per heavy atom. The molecule has 0 N–H and O–H groups in total. The summed E-state index contributed by atoms with van der Waals surface area (Å²) in [5.41, 5.74) is -0.229. The van der Waals surface area contributed by atoms with E-state index >= 15 is 0 Å². The summed E-state index contributed by atoms with van der Waals surface area (Å²) < 4.78 is 83.8. The first-order chi connectivity index (χ1) is 14.3. The first-order valence-electron chi connectivity index (χ1n) is 8.97. The molecule has 154 valence electrons. The van der Waals surface area contributed by atoms with E-state index in [4.69, 9.17) is 0 Å². The van der Waals surface area contributed by atoms with Crippen molar-refractivity contribution in [1.29, 1.82) is 0 Å². The maximum Gasteiger partial charge on any atom is 0.260 e. The third kappa shape index (κ3) is 3.03. The number of benzene rings is 3. The number of fused-ring (bicyclic) bond motifs is 1. The third-order valence-corrected chi connectivity index (χ3v) is 5.17. The van der Waals surface area contributed by atoms with Crippen LogP contribution in [0.15, 0.2) is 48.5 Å². The van der Waals surface area contributed by atoms with Gasteiger partial charge in [-0.05, 0) is 23.6 Å². The van der Waals surface area contributed by atoms with Gasteiger partial charge in [-0.25, -0.2) is 26.3 Å². The molecule has 0 spiro atoms. The molecule has 4 rings (SSSR count). The predicted octanol–water partition coefficient (Wildman–Crippen LogP) is 5.31. The molecule has 30 heavy (non-hydrogen) atoms. The lowest BCUT2D eigenvalue weighted by molar-refractivity contribution is 0.0678. The topological polar surface area (TPSA) is 20.3 Å². The van der Waals surface area contributed by atoms with Crippen molar-refractivity contribution in [2.45, 2.75) is 12.5 Å². The van der Waals surface area contributed by atoms with Crippen LogP contribution in [0.1, 0.15) is 33.1 Å². The maximum atomic E-state index is 14.6. The minimum atomic E-state index is -2.35. The molecule has 0 saturated heterocycles. The number of amides is 1. The molecule has 0 fully saturated rings. The van der Waals surface area contributed by atoms with E-state index in [1.54, 1.807) is 24.3 Å². The zero-order chi connectivity index (χ0) is 21.6. The van der Waals surface area contributed by atoms with Crippen LogP contribution in [0.25, 0.3) is 0 Å². The van der Waals surface area contributed by atoms with Gasteiger partial charge in [0.25, 0.3) is 5.91 Å². The number of carbonyl (C=O) groups excluding carboxylic acids is 1. The Labute approximate surface area is 167 Å². The van der Waals surface area contributed by atoms with Crippen molar-refractivity contribution in [3.8, 4) is 0 Å². The van der Waals surface area contributed by atoms with E-state index in [0.29, 0.717) is 5.56 Å².